The third-order valence-corrected chi connectivity index (χ3v) is 7.44. The van der Waals surface area contributed by atoms with Gasteiger partial charge in [-0.3, -0.25) is 4.79 Å². The fourth-order valence-corrected chi connectivity index (χ4v) is 5.40. The van der Waals surface area contributed by atoms with Crippen LogP contribution < -0.4 is 20.7 Å². The van der Waals surface area contributed by atoms with Gasteiger partial charge in [0.15, 0.2) is 0 Å². The zero-order chi connectivity index (χ0) is 31.7. The molecule has 1 fully saturated rings. The molecular formula is C32H40F3N5O4. The van der Waals surface area contributed by atoms with Crippen LogP contribution in [-0.4, -0.2) is 92.4 Å². The van der Waals surface area contributed by atoms with Gasteiger partial charge in [-0.15, -0.1) is 0 Å². The molecule has 1 aliphatic rings. The minimum Gasteiger partial charge on any atom is -0.495 e. The van der Waals surface area contributed by atoms with Crippen LogP contribution in [0.4, 0.5) is 24.5 Å². The lowest BCUT2D eigenvalue weighted by atomic mass is 10.0. The monoisotopic (exact) mass is 615 g/mol. The maximum Gasteiger partial charge on any atom is 0.406 e. The highest BCUT2D eigenvalue weighted by Gasteiger charge is 2.30. The second kappa shape index (κ2) is 15.2. The van der Waals surface area contributed by atoms with E-state index in [1.807, 2.05) is 13.0 Å². The summed E-state index contributed by atoms with van der Waals surface area (Å²) in [6.45, 7) is 3.75. The second-order valence-corrected chi connectivity index (χ2v) is 10.7. The topological polar surface area (TPSA) is 100 Å². The number of fused-ring (bicyclic) bond motifs is 1. The Morgan fingerprint density at radius 3 is 2.59 bits per heavy atom. The van der Waals surface area contributed by atoms with Crippen molar-refractivity contribution in [2.45, 2.75) is 44.6 Å². The molecule has 4 rings (SSSR count). The van der Waals surface area contributed by atoms with E-state index in [0.717, 1.165) is 31.6 Å². The molecule has 0 radical (unpaired) electrons. The van der Waals surface area contributed by atoms with Crippen molar-refractivity contribution in [2.75, 3.05) is 64.2 Å². The van der Waals surface area contributed by atoms with E-state index in [9.17, 15) is 23.1 Å². The van der Waals surface area contributed by atoms with Crippen LogP contribution in [0.25, 0.3) is 10.9 Å². The number of rotatable bonds is 12. The number of carbonyl (C=O) groups excluding carboxylic acids is 1. The normalized spacial score (nSPS) is 15.0. The minimum absolute atomic E-state index is 0.146. The molecule has 1 aromatic heterocycles. The van der Waals surface area contributed by atoms with Gasteiger partial charge in [0, 0.05) is 56.0 Å². The zero-order valence-electron chi connectivity index (χ0n) is 25.3. The molecule has 12 heteroatoms. The summed E-state index contributed by atoms with van der Waals surface area (Å²) >= 11 is 0. The molecule has 1 aliphatic heterocycles. The van der Waals surface area contributed by atoms with Gasteiger partial charge in [-0.25, -0.2) is 0 Å². The van der Waals surface area contributed by atoms with Crippen molar-refractivity contribution in [2.24, 2.45) is 0 Å². The molecular weight excluding hydrogens is 575 g/mol. The van der Waals surface area contributed by atoms with Crippen LogP contribution in [0.5, 0.6) is 5.75 Å². The molecule has 1 atom stereocenters. The Balaban J connectivity index is 1.49. The molecule has 9 nitrogen and oxygen atoms in total. The summed E-state index contributed by atoms with van der Waals surface area (Å²) < 4.78 is 52.5. The van der Waals surface area contributed by atoms with Crippen molar-refractivity contribution in [3.05, 3.63) is 53.7 Å². The Morgan fingerprint density at radius 2 is 1.91 bits per heavy atom. The first kappa shape index (κ1) is 33.0. The number of amides is 1. The van der Waals surface area contributed by atoms with Gasteiger partial charge >= 0.3 is 6.18 Å². The quantitative estimate of drug-likeness (QED) is 0.226. The highest BCUT2D eigenvalue weighted by Crippen LogP contribution is 2.31. The first-order valence-electron chi connectivity index (χ1n) is 14.7. The van der Waals surface area contributed by atoms with Gasteiger partial charge in [-0.1, -0.05) is 12.0 Å². The number of hydrogen-bond donors (Lipinski definition) is 4. The Morgan fingerprint density at radius 1 is 1.14 bits per heavy atom. The van der Waals surface area contributed by atoms with Crippen LogP contribution in [0.2, 0.25) is 0 Å². The van der Waals surface area contributed by atoms with Crippen LogP contribution in [0, 0.1) is 11.8 Å². The van der Waals surface area contributed by atoms with E-state index in [2.05, 4.69) is 32.7 Å². The number of methoxy groups -OCH3 is 2. The minimum atomic E-state index is -4.43. The highest BCUT2D eigenvalue weighted by atomic mass is 19.4. The lowest BCUT2D eigenvalue weighted by Gasteiger charge is -2.34. The molecule has 2 aromatic carbocycles. The Kier molecular flexibility index (Phi) is 11.4. The zero-order valence-corrected chi connectivity index (χ0v) is 25.3. The Hall–Kier alpha value is -3.92. The number of likely N-dealkylation sites (tertiary alicyclic amines) is 1. The summed E-state index contributed by atoms with van der Waals surface area (Å²) in [5, 5.41) is 20.1. The molecule has 3 aromatic rings. The van der Waals surface area contributed by atoms with Gasteiger partial charge in [0.2, 0.25) is 0 Å². The van der Waals surface area contributed by atoms with E-state index in [0.29, 0.717) is 41.0 Å². The summed E-state index contributed by atoms with van der Waals surface area (Å²) in [7, 11) is 3.05. The van der Waals surface area contributed by atoms with Gasteiger partial charge in [0.05, 0.1) is 43.3 Å². The molecule has 1 amide bonds. The standard InChI is InChI=1S/C32H40F3N5O4/c1-4-36-31(42)22-10-11-28(30(17-22)44-3)37-14-6-7-24-18-26-27(8-5-9-29(26)40(24)21-32(33,34)35)38-23-12-15-39(16-13-23)19-25(41)20-43-2/h5,8-11,17-18,23,25,37-38,41H,4,12-16,19-21H2,1-3H3,(H,36,42). The number of alkyl halides is 3. The maximum atomic E-state index is 13.6. The molecule has 44 heavy (non-hydrogen) atoms. The van der Waals surface area contributed by atoms with Gasteiger partial charge in [0.25, 0.3) is 5.91 Å². The molecule has 238 valence electrons. The molecule has 0 saturated carbocycles. The summed E-state index contributed by atoms with van der Waals surface area (Å²) in [6, 6.07) is 12.1. The first-order valence-corrected chi connectivity index (χ1v) is 14.7. The smallest absolute Gasteiger partial charge is 0.406 e. The number of carbonyl (C=O) groups is 1. The molecule has 1 saturated heterocycles. The summed E-state index contributed by atoms with van der Waals surface area (Å²) in [6.07, 6.45) is -3.29. The number of halogens is 3. The average molecular weight is 616 g/mol. The number of nitrogens with zero attached hydrogens (tertiary/aromatic N) is 2. The van der Waals surface area contributed by atoms with E-state index in [4.69, 9.17) is 9.47 Å². The summed E-state index contributed by atoms with van der Waals surface area (Å²) in [5.41, 5.74) is 2.53. The fourth-order valence-electron chi connectivity index (χ4n) is 5.40. The van der Waals surface area contributed by atoms with Crippen molar-refractivity contribution < 1.29 is 32.5 Å². The number of benzene rings is 2. The van der Waals surface area contributed by atoms with E-state index < -0.39 is 18.8 Å². The molecule has 0 bridgehead atoms. The summed E-state index contributed by atoms with van der Waals surface area (Å²) in [4.78, 5) is 14.3. The van der Waals surface area contributed by atoms with Gasteiger partial charge in [-0.05, 0) is 62.1 Å². The number of nitrogens with one attached hydrogen (secondary N) is 3. The predicted molar refractivity (Wildman–Crippen MR) is 165 cm³/mol. The third kappa shape index (κ3) is 8.81. The fraction of sp³-hybridized carbons (Fsp3) is 0.469. The Bertz CT molecular complexity index is 1470. The van der Waals surface area contributed by atoms with Crippen LogP contribution in [0.3, 0.4) is 0 Å². The lowest BCUT2D eigenvalue weighted by molar-refractivity contribution is -0.140. The number of aromatic nitrogens is 1. The SMILES string of the molecule is CCNC(=O)c1ccc(NCC#Cc2cc3c(NC4CCN(CC(O)COC)CC4)cccc3n2CC(F)(F)F)c(OC)c1. The van der Waals surface area contributed by atoms with E-state index in [1.165, 1.54) is 11.7 Å². The average Bonchev–Trinajstić information content (AvgIpc) is 3.33. The number of aliphatic hydroxyl groups excluding tert-OH is 1. The first-order chi connectivity index (χ1) is 21.1. The maximum absolute atomic E-state index is 13.6. The molecule has 1 unspecified atom stereocenters. The number of hydrogen-bond acceptors (Lipinski definition) is 7. The number of aliphatic hydroxyl groups is 1. The van der Waals surface area contributed by atoms with E-state index in [1.54, 1.807) is 43.5 Å². The van der Waals surface area contributed by atoms with E-state index in [-0.39, 0.29) is 30.8 Å². The lowest BCUT2D eigenvalue weighted by Crippen LogP contribution is -2.43. The highest BCUT2D eigenvalue weighted by molar-refractivity contribution is 5.95. The van der Waals surface area contributed by atoms with Crippen molar-refractivity contribution in [1.29, 1.82) is 0 Å². The van der Waals surface area contributed by atoms with Crippen LogP contribution >= 0.6 is 0 Å². The van der Waals surface area contributed by atoms with Crippen molar-refractivity contribution in [3.63, 3.8) is 0 Å². The van der Waals surface area contributed by atoms with Crippen molar-refractivity contribution >= 4 is 28.2 Å². The van der Waals surface area contributed by atoms with Gasteiger partial charge in [0.1, 0.15) is 12.3 Å². The van der Waals surface area contributed by atoms with Crippen LogP contribution in [-0.2, 0) is 11.3 Å². The molecule has 0 spiro atoms. The van der Waals surface area contributed by atoms with Crippen LogP contribution in [0.1, 0.15) is 35.8 Å². The van der Waals surface area contributed by atoms with Gasteiger partial charge < -0.3 is 40.0 Å². The molecule has 4 N–H and O–H groups in total. The largest absolute Gasteiger partial charge is 0.495 e. The number of piperidine rings is 1. The summed E-state index contributed by atoms with van der Waals surface area (Å²) in [5.74, 6) is 6.10. The Labute approximate surface area is 255 Å². The van der Waals surface area contributed by atoms with Crippen LogP contribution in [0.15, 0.2) is 42.5 Å². The number of anilines is 2. The molecule has 0 aliphatic carbocycles. The van der Waals surface area contributed by atoms with Gasteiger partial charge in [-0.2, -0.15) is 13.2 Å². The number of β-amino-alcohol motifs (C(OH)–C–C–N with tert-alkyl or cyclic N) is 1. The van der Waals surface area contributed by atoms with Crippen molar-refractivity contribution in [1.82, 2.24) is 14.8 Å². The number of ether oxygens (including phenoxy) is 2. The molecule has 2 heterocycles. The van der Waals surface area contributed by atoms with Crippen molar-refractivity contribution in [3.8, 4) is 17.6 Å². The third-order valence-electron chi connectivity index (χ3n) is 7.44. The van der Waals surface area contributed by atoms with E-state index >= 15 is 0 Å². The predicted octanol–water partition coefficient (Wildman–Crippen LogP) is 4.31. The second-order valence-electron chi connectivity index (χ2n) is 10.7.